The van der Waals surface area contributed by atoms with Crippen LogP contribution in [0.4, 0.5) is 0 Å². The lowest BCUT2D eigenvalue weighted by Gasteiger charge is -2.22. The zero-order valence-electron chi connectivity index (χ0n) is 15.6. The van der Waals surface area contributed by atoms with Gasteiger partial charge in [0.05, 0.1) is 18.1 Å². The second-order valence-corrected chi connectivity index (χ2v) is 7.51. The minimum atomic E-state index is -0.882. The highest BCUT2D eigenvalue weighted by molar-refractivity contribution is 5.76. The fourth-order valence-corrected chi connectivity index (χ4v) is 2.63. The summed E-state index contributed by atoms with van der Waals surface area (Å²) in [5.74, 6) is -1.48. The van der Waals surface area contributed by atoms with Crippen molar-refractivity contribution in [2.24, 2.45) is 5.92 Å². The summed E-state index contributed by atoms with van der Waals surface area (Å²) in [5, 5.41) is 18.9. The average molecular weight is 350 g/mol. The molecular formula is C20H30O5. The van der Waals surface area contributed by atoms with Crippen LogP contribution in [0.15, 0.2) is 18.2 Å². The Morgan fingerprint density at radius 3 is 2.52 bits per heavy atom. The lowest BCUT2D eigenvalue weighted by Crippen LogP contribution is -2.24. The summed E-state index contributed by atoms with van der Waals surface area (Å²) in [5.41, 5.74) is 1.32. The lowest BCUT2D eigenvalue weighted by molar-refractivity contribution is -0.138. The number of aryl methyl sites for hydroxylation is 1. The highest BCUT2D eigenvalue weighted by Crippen LogP contribution is 2.26. The van der Waals surface area contributed by atoms with E-state index in [0.717, 1.165) is 36.7 Å². The molecule has 0 aliphatic rings. The summed E-state index contributed by atoms with van der Waals surface area (Å²) in [6.45, 7) is 7.94. The quantitative estimate of drug-likeness (QED) is 0.493. The van der Waals surface area contributed by atoms with Gasteiger partial charge in [0, 0.05) is 5.92 Å². The Morgan fingerprint density at radius 2 is 1.96 bits per heavy atom. The maximum absolute atomic E-state index is 11.2. The molecule has 0 saturated heterocycles. The van der Waals surface area contributed by atoms with Crippen LogP contribution in [-0.4, -0.2) is 34.7 Å². The van der Waals surface area contributed by atoms with Gasteiger partial charge in [-0.3, -0.25) is 4.79 Å². The van der Waals surface area contributed by atoms with E-state index < -0.39 is 11.9 Å². The van der Waals surface area contributed by atoms with Gasteiger partial charge in [-0.05, 0) is 70.2 Å². The number of rotatable bonds is 10. The van der Waals surface area contributed by atoms with Crippen molar-refractivity contribution in [1.82, 2.24) is 0 Å². The van der Waals surface area contributed by atoms with E-state index in [1.165, 1.54) is 6.07 Å². The summed E-state index contributed by atoms with van der Waals surface area (Å²) in [7, 11) is 0. The topological polar surface area (TPSA) is 83.8 Å². The number of carboxylic acid groups (broad SMARTS) is 1. The molecule has 0 aliphatic heterocycles. The molecule has 0 bridgehead atoms. The Morgan fingerprint density at radius 1 is 1.28 bits per heavy atom. The van der Waals surface area contributed by atoms with Crippen LogP contribution in [0.1, 0.15) is 64.0 Å². The highest BCUT2D eigenvalue weighted by atomic mass is 16.5. The van der Waals surface area contributed by atoms with Crippen LogP contribution in [-0.2, 0) is 20.7 Å². The van der Waals surface area contributed by atoms with Gasteiger partial charge in [0.2, 0.25) is 0 Å². The van der Waals surface area contributed by atoms with Gasteiger partial charge in [0.15, 0.2) is 0 Å². The van der Waals surface area contributed by atoms with Crippen LogP contribution < -0.4 is 0 Å². The number of carboxylic acids is 1. The van der Waals surface area contributed by atoms with Gasteiger partial charge in [-0.1, -0.05) is 12.5 Å². The maximum Gasteiger partial charge on any atom is 0.310 e. The molecule has 140 valence electrons. The molecule has 0 aromatic heterocycles. The standard InChI is InChI=1S/C20H30O5/c1-14(19(23)24)18-10-9-17(22)11-16(18)8-6-5-7-15(12-21)13-25-20(2,3)4/h9-12,14-15,22H,5-8,13H2,1-4H3,(H,23,24). The zero-order valence-corrected chi connectivity index (χ0v) is 15.6. The molecular weight excluding hydrogens is 320 g/mol. The monoisotopic (exact) mass is 350 g/mol. The highest BCUT2D eigenvalue weighted by Gasteiger charge is 2.18. The van der Waals surface area contributed by atoms with Gasteiger partial charge < -0.3 is 19.7 Å². The molecule has 0 radical (unpaired) electrons. The van der Waals surface area contributed by atoms with Crippen LogP contribution in [0.5, 0.6) is 5.75 Å². The van der Waals surface area contributed by atoms with Crippen LogP contribution >= 0.6 is 0 Å². The van der Waals surface area contributed by atoms with Crippen molar-refractivity contribution in [2.75, 3.05) is 6.61 Å². The Hall–Kier alpha value is -1.88. The molecule has 0 heterocycles. The first kappa shape index (κ1) is 21.2. The van der Waals surface area contributed by atoms with Crippen molar-refractivity contribution in [3.63, 3.8) is 0 Å². The van der Waals surface area contributed by atoms with E-state index in [1.807, 2.05) is 20.8 Å². The fourth-order valence-electron chi connectivity index (χ4n) is 2.63. The zero-order chi connectivity index (χ0) is 19.0. The van der Waals surface area contributed by atoms with Crippen molar-refractivity contribution in [3.05, 3.63) is 29.3 Å². The van der Waals surface area contributed by atoms with Gasteiger partial charge in [-0.15, -0.1) is 0 Å². The SMILES string of the molecule is CC(C(=O)O)c1ccc(O)cc1CCCCC(C=O)COC(C)(C)C. The van der Waals surface area contributed by atoms with Crippen LogP contribution in [0.2, 0.25) is 0 Å². The number of phenolic OH excluding ortho intramolecular Hbond substituents is 1. The Bertz CT molecular complexity index is 574. The van der Waals surface area contributed by atoms with Gasteiger partial charge in [-0.25, -0.2) is 0 Å². The molecule has 1 aromatic carbocycles. The van der Waals surface area contributed by atoms with E-state index in [1.54, 1.807) is 19.1 Å². The van der Waals surface area contributed by atoms with E-state index in [0.29, 0.717) is 13.0 Å². The second-order valence-electron chi connectivity index (χ2n) is 7.51. The second kappa shape index (κ2) is 9.56. The summed E-state index contributed by atoms with van der Waals surface area (Å²) < 4.78 is 5.66. The number of phenols is 1. The van der Waals surface area contributed by atoms with Crippen molar-refractivity contribution in [3.8, 4) is 5.75 Å². The average Bonchev–Trinajstić information content (AvgIpc) is 2.52. The third-order valence-electron chi connectivity index (χ3n) is 4.16. The van der Waals surface area contributed by atoms with Gasteiger partial charge in [-0.2, -0.15) is 0 Å². The van der Waals surface area contributed by atoms with Gasteiger partial charge in [0.25, 0.3) is 0 Å². The van der Waals surface area contributed by atoms with E-state index in [4.69, 9.17) is 4.74 Å². The molecule has 1 aromatic rings. The molecule has 5 heteroatoms. The van der Waals surface area contributed by atoms with E-state index >= 15 is 0 Å². The first-order valence-electron chi connectivity index (χ1n) is 8.78. The third kappa shape index (κ3) is 7.69. The lowest BCUT2D eigenvalue weighted by atomic mass is 9.92. The van der Waals surface area contributed by atoms with E-state index in [2.05, 4.69) is 0 Å². The Kier molecular flexibility index (Phi) is 8.10. The summed E-state index contributed by atoms with van der Waals surface area (Å²) in [6, 6.07) is 4.83. The number of ether oxygens (including phenoxy) is 1. The fraction of sp³-hybridized carbons (Fsp3) is 0.600. The number of benzene rings is 1. The van der Waals surface area contributed by atoms with E-state index in [9.17, 15) is 19.8 Å². The summed E-state index contributed by atoms with van der Waals surface area (Å²) in [4.78, 5) is 22.4. The molecule has 0 amide bonds. The largest absolute Gasteiger partial charge is 0.508 e. The predicted molar refractivity (Wildman–Crippen MR) is 97.0 cm³/mol. The molecule has 0 fully saturated rings. The first-order valence-corrected chi connectivity index (χ1v) is 8.78. The van der Waals surface area contributed by atoms with Crippen LogP contribution in [0, 0.1) is 5.92 Å². The van der Waals surface area contributed by atoms with Crippen molar-refractivity contribution in [1.29, 1.82) is 0 Å². The molecule has 0 spiro atoms. The molecule has 2 N–H and O–H groups in total. The predicted octanol–water partition coefficient (Wildman–Crippen LogP) is 3.92. The number of hydrogen-bond donors (Lipinski definition) is 2. The molecule has 2 atom stereocenters. The smallest absolute Gasteiger partial charge is 0.310 e. The minimum absolute atomic E-state index is 0.124. The van der Waals surface area contributed by atoms with Gasteiger partial charge in [0.1, 0.15) is 12.0 Å². The van der Waals surface area contributed by atoms with Gasteiger partial charge >= 0.3 is 5.97 Å². The minimum Gasteiger partial charge on any atom is -0.508 e. The number of unbranched alkanes of at least 4 members (excludes halogenated alkanes) is 1. The molecule has 2 unspecified atom stereocenters. The van der Waals surface area contributed by atoms with E-state index in [-0.39, 0.29) is 17.3 Å². The number of carbonyl (C=O) groups excluding carboxylic acids is 1. The van der Waals surface area contributed by atoms with Crippen molar-refractivity contribution < 1.29 is 24.5 Å². The van der Waals surface area contributed by atoms with Crippen LogP contribution in [0.25, 0.3) is 0 Å². The maximum atomic E-state index is 11.2. The summed E-state index contributed by atoms with van der Waals surface area (Å²) >= 11 is 0. The van der Waals surface area contributed by atoms with Crippen molar-refractivity contribution >= 4 is 12.3 Å². The molecule has 25 heavy (non-hydrogen) atoms. The molecule has 1 rings (SSSR count). The normalized spacial score (nSPS) is 14.1. The molecule has 0 aliphatic carbocycles. The molecule has 5 nitrogen and oxygen atoms in total. The number of hydrogen-bond acceptors (Lipinski definition) is 4. The third-order valence-corrected chi connectivity index (χ3v) is 4.16. The Balaban J connectivity index is 2.56. The van der Waals surface area contributed by atoms with Crippen molar-refractivity contribution in [2.45, 2.75) is 64.9 Å². The first-order chi connectivity index (χ1) is 11.6. The molecule has 0 saturated carbocycles. The summed E-state index contributed by atoms with van der Waals surface area (Å²) in [6.07, 6.45) is 4.02. The number of carbonyl (C=O) groups is 2. The number of aldehydes is 1. The van der Waals surface area contributed by atoms with Crippen LogP contribution in [0.3, 0.4) is 0 Å². The number of aromatic hydroxyl groups is 1. The Labute approximate surface area is 150 Å². The number of aliphatic carboxylic acids is 1.